The number of carbonyl (C=O) groups is 2. The largest absolute Gasteiger partial charge is 0.459 e. The Morgan fingerprint density at radius 2 is 1.82 bits per heavy atom. The van der Waals surface area contributed by atoms with E-state index in [0.717, 1.165) is 11.3 Å². The number of thiophene rings is 1. The van der Waals surface area contributed by atoms with Crippen molar-refractivity contribution >= 4 is 40.5 Å². The molecule has 33 heavy (non-hydrogen) atoms. The zero-order valence-corrected chi connectivity index (χ0v) is 20.2. The number of thiocarbonyl (C=S) groups is 1. The number of halogens is 2. The third kappa shape index (κ3) is 6.13. The van der Waals surface area contributed by atoms with Gasteiger partial charge >= 0.3 is 5.97 Å². The maximum absolute atomic E-state index is 14.7. The van der Waals surface area contributed by atoms with Crippen LogP contribution in [0.2, 0.25) is 0 Å². The maximum Gasteiger partial charge on any atom is 0.348 e. The number of benzene rings is 1. The SMILES string of the molecule is Cc1c(C(=O)OC(C)C)sc(C(=O)N2CCOCC2)c1OC(=S)CC(F)(F)c1ccccc1. The first-order chi connectivity index (χ1) is 15.6. The smallest absolute Gasteiger partial charge is 0.348 e. The summed E-state index contributed by atoms with van der Waals surface area (Å²) in [5.74, 6) is -4.22. The Morgan fingerprint density at radius 3 is 2.42 bits per heavy atom. The summed E-state index contributed by atoms with van der Waals surface area (Å²) in [4.78, 5) is 27.6. The minimum atomic E-state index is -3.25. The highest BCUT2D eigenvalue weighted by molar-refractivity contribution is 7.80. The van der Waals surface area contributed by atoms with E-state index >= 15 is 0 Å². The number of hydrogen-bond acceptors (Lipinski definition) is 7. The number of nitrogens with zero attached hydrogens (tertiary/aromatic N) is 1. The summed E-state index contributed by atoms with van der Waals surface area (Å²) in [7, 11) is 0. The van der Waals surface area contributed by atoms with E-state index in [-0.39, 0.29) is 38.1 Å². The van der Waals surface area contributed by atoms with Crippen molar-refractivity contribution in [2.45, 2.75) is 39.2 Å². The number of hydrogen-bond donors (Lipinski definition) is 0. The van der Waals surface area contributed by atoms with E-state index in [2.05, 4.69) is 0 Å². The summed E-state index contributed by atoms with van der Waals surface area (Å²) in [5.41, 5.74) is 0.136. The Kier molecular flexibility index (Phi) is 8.14. The van der Waals surface area contributed by atoms with Crippen molar-refractivity contribution in [3.05, 3.63) is 51.2 Å². The molecule has 0 saturated carbocycles. The molecule has 1 aromatic heterocycles. The van der Waals surface area contributed by atoms with E-state index in [9.17, 15) is 18.4 Å². The van der Waals surface area contributed by atoms with E-state index in [1.165, 1.54) is 24.3 Å². The van der Waals surface area contributed by atoms with Crippen LogP contribution in [0, 0.1) is 6.92 Å². The number of carbonyl (C=O) groups excluding carboxylic acids is 2. The van der Waals surface area contributed by atoms with Crippen molar-refractivity contribution < 1.29 is 32.6 Å². The number of amides is 1. The van der Waals surface area contributed by atoms with Gasteiger partial charge in [-0.15, -0.1) is 11.3 Å². The summed E-state index contributed by atoms with van der Waals surface area (Å²) in [6.07, 6.45) is -1.22. The zero-order valence-electron chi connectivity index (χ0n) is 18.6. The van der Waals surface area contributed by atoms with Gasteiger partial charge in [0, 0.05) is 24.2 Å². The molecule has 1 amide bonds. The highest BCUT2D eigenvalue weighted by atomic mass is 32.1. The molecule has 2 aromatic rings. The van der Waals surface area contributed by atoms with Crippen LogP contribution in [0.5, 0.6) is 5.75 Å². The number of rotatable bonds is 7. The van der Waals surface area contributed by atoms with E-state index in [1.54, 1.807) is 31.7 Å². The van der Waals surface area contributed by atoms with Gasteiger partial charge in [0.05, 0.1) is 25.7 Å². The second-order valence-electron chi connectivity index (χ2n) is 7.79. The molecular formula is C23H25F2NO5S2. The monoisotopic (exact) mass is 497 g/mol. The maximum atomic E-state index is 14.7. The average molecular weight is 498 g/mol. The molecule has 1 aliphatic rings. The van der Waals surface area contributed by atoms with Crippen LogP contribution in [0.3, 0.4) is 0 Å². The van der Waals surface area contributed by atoms with Gasteiger partial charge in [0.25, 0.3) is 11.8 Å². The van der Waals surface area contributed by atoms with Gasteiger partial charge in [-0.3, -0.25) is 4.79 Å². The molecule has 3 rings (SSSR count). The van der Waals surface area contributed by atoms with Gasteiger partial charge in [0.15, 0.2) is 10.8 Å². The van der Waals surface area contributed by atoms with E-state index in [0.29, 0.717) is 31.9 Å². The van der Waals surface area contributed by atoms with Crippen LogP contribution in [-0.4, -0.2) is 54.2 Å². The van der Waals surface area contributed by atoms with E-state index < -0.39 is 18.3 Å². The first-order valence-corrected chi connectivity index (χ1v) is 11.7. The van der Waals surface area contributed by atoms with E-state index in [4.69, 9.17) is 26.4 Å². The lowest BCUT2D eigenvalue weighted by Crippen LogP contribution is -2.40. The van der Waals surface area contributed by atoms with Gasteiger partial charge in [-0.05, 0) is 33.0 Å². The molecule has 178 valence electrons. The van der Waals surface area contributed by atoms with Gasteiger partial charge in [0.2, 0.25) is 0 Å². The van der Waals surface area contributed by atoms with Gasteiger partial charge in [0.1, 0.15) is 9.75 Å². The van der Waals surface area contributed by atoms with Crippen molar-refractivity contribution in [3.8, 4) is 5.75 Å². The lowest BCUT2D eigenvalue weighted by molar-refractivity contribution is 0.00155. The Morgan fingerprint density at radius 1 is 1.18 bits per heavy atom. The summed E-state index contributed by atoms with van der Waals surface area (Å²) in [6.45, 7) is 6.51. The van der Waals surface area contributed by atoms with Crippen molar-refractivity contribution in [3.63, 3.8) is 0 Å². The molecule has 0 N–H and O–H groups in total. The minimum Gasteiger partial charge on any atom is -0.459 e. The van der Waals surface area contributed by atoms with Crippen molar-refractivity contribution in [1.82, 2.24) is 4.90 Å². The number of ether oxygens (including phenoxy) is 3. The van der Waals surface area contributed by atoms with Crippen molar-refractivity contribution in [2.75, 3.05) is 26.3 Å². The molecular weight excluding hydrogens is 472 g/mol. The van der Waals surface area contributed by atoms with Crippen LogP contribution >= 0.6 is 23.6 Å². The predicted octanol–water partition coefficient (Wildman–Crippen LogP) is 4.98. The molecule has 1 aromatic carbocycles. The Hall–Kier alpha value is -2.43. The van der Waals surface area contributed by atoms with Gasteiger partial charge in [-0.1, -0.05) is 30.3 Å². The van der Waals surface area contributed by atoms with Gasteiger partial charge < -0.3 is 19.1 Å². The normalized spacial score (nSPS) is 14.3. The van der Waals surface area contributed by atoms with Crippen molar-refractivity contribution in [2.24, 2.45) is 0 Å². The second kappa shape index (κ2) is 10.7. The molecule has 0 aliphatic carbocycles. The molecule has 0 unspecified atom stereocenters. The van der Waals surface area contributed by atoms with Crippen LogP contribution in [0.4, 0.5) is 8.78 Å². The van der Waals surface area contributed by atoms with Crippen LogP contribution in [0.15, 0.2) is 30.3 Å². The molecule has 1 fully saturated rings. The Bertz CT molecular complexity index is 1020. The van der Waals surface area contributed by atoms with Gasteiger partial charge in [-0.2, -0.15) is 0 Å². The molecule has 6 nitrogen and oxygen atoms in total. The van der Waals surface area contributed by atoms with Crippen LogP contribution in [0.25, 0.3) is 0 Å². The second-order valence-corrected chi connectivity index (χ2v) is 9.27. The molecule has 10 heteroatoms. The third-order valence-electron chi connectivity index (χ3n) is 4.89. The molecule has 0 radical (unpaired) electrons. The lowest BCUT2D eigenvalue weighted by atomic mass is 10.1. The highest BCUT2D eigenvalue weighted by Gasteiger charge is 2.36. The van der Waals surface area contributed by atoms with Gasteiger partial charge in [-0.25, -0.2) is 13.6 Å². The molecule has 2 heterocycles. The highest BCUT2D eigenvalue weighted by Crippen LogP contribution is 2.39. The fraction of sp³-hybridized carbons (Fsp3) is 0.435. The molecule has 1 saturated heterocycles. The van der Waals surface area contributed by atoms with Crippen LogP contribution in [-0.2, 0) is 15.4 Å². The Balaban J connectivity index is 1.89. The average Bonchev–Trinajstić information content (AvgIpc) is 3.09. The minimum absolute atomic E-state index is 0.0149. The quantitative estimate of drug-likeness (QED) is 0.397. The first kappa shape index (κ1) is 25.2. The molecule has 0 atom stereocenters. The number of morpholine rings is 1. The third-order valence-corrected chi connectivity index (χ3v) is 6.36. The molecule has 0 bridgehead atoms. The van der Waals surface area contributed by atoms with Crippen LogP contribution < -0.4 is 4.74 Å². The van der Waals surface area contributed by atoms with Crippen molar-refractivity contribution in [1.29, 1.82) is 0 Å². The fourth-order valence-electron chi connectivity index (χ4n) is 3.25. The predicted molar refractivity (Wildman–Crippen MR) is 125 cm³/mol. The standard InChI is InChI=1S/C23H25F2NO5S2/c1-14(2)30-22(28)19-15(3)18(20(33-19)21(27)26-9-11-29-12-10-26)31-17(32)13-23(24,25)16-7-5-4-6-8-16/h4-8,14H,9-13H2,1-3H3. The van der Waals surface area contributed by atoms with Crippen LogP contribution in [0.1, 0.15) is 50.7 Å². The molecule has 1 aliphatic heterocycles. The van der Waals surface area contributed by atoms with E-state index in [1.807, 2.05) is 0 Å². The summed E-state index contributed by atoms with van der Waals surface area (Å²) in [5, 5.41) is -0.385. The number of alkyl halides is 2. The Labute approximate surface area is 200 Å². The summed E-state index contributed by atoms with van der Waals surface area (Å²) in [6, 6.07) is 7.30. The lowest BCUT2D eigenvalue weighted by Gasteiger charge is -2.26. The first-order valence-electron chi connectivity index (χ1n) is 10.5. The topological polar surface area (TPSA) is 65.1 Å². The zero-order chi connectivity index (χ0) is 24.2. The summed E-state index contributed by atoms with van der Waals surface area (Å²) >= 11 is 6.05. The number of esters is 1. The molecule has 0 spiro atoms. The fourth-order valence-corrected chi connectivity index (χ4v) is 4.60. The summed E-state index contributed by atoms with van der Waals surface area (Å²) < 4.78 is 45.6.